The lowest BCUT2D eigenvalue weighted by Crippen LogP contribution is -2.19. The van der Waals surface area contributed by atoms with E-state index in [9.17, 15) is 4.79 Å². The SMILES string of the molecule is CC(C)C(=O)Nc1cccc(NC2CCCCCC2)c1. The van der Waals surface area contributed by atoms with E-state index < -0.39 is 0 Å². The van der Waals surface area contributed by atoms with E-state index in [-0.39, 0.29) is 11.8 Å². The monoisotopic (exact) mass is 274 g/mol. The number of nitrogens with one attached hydrogen (secondary N) is 2. The molecule has 0 spiro atoms. The highest BCUT2D eigenvalue weighted by atomic mass is 16.1. The van der Waals surface area contributed by atoms with E-state index in [4.69, 9.17) is 0 Å². The number of carbonyl (C=O) groups is 1. The van der Waals surface area contributed by atoms with E-state index in [2.05, 4.69) is 16.7 Å². The van der Waals surface area contributed by atoms with Gasteiger partial charge in [-0.2, -0.15) is 0 Å². The summed E-state index contributed by atoms with van der Waals surface area (Å²) in [5, 5.41) is 6.56. The molecule has 1 aliphatic rings. The Labute approximate surface area is 122 Å². The summed E-state index contributed by atoms with van der Waals surface area (Å²) >= 11 is 0. The van der Waals surface area contributed by atoms with Gasteiger partial charge in [0, 0.05) is 23.3 Å². The van der Waals surface area contributed by atoms with Gasteiger partial charge < -0.3 is 10.6 Å². The molecule has 1 amide bonds. The highest BCUT2D eigenvalue weighted by molar-refractivity contribution is 5.92. The third-order valence-corrected chi connectivity index (χ3v) is 3.88. The van der Waals surface area contributed by atoms with E-state index in [0.29, 0.717) is 6.04 Å². The predicted octanol–water partition coefficient (Wildman–Crippen LogP) is 4.42. The van der Waals surface area contributed by atoms with Crippen molar-refractivity contribution in [2.45, 2.75) is 58.4 Å². The van der Waals surface area contributed by atoms with Crippen molar-refractivity contribution in [2.24, 2.45) is 5.92 Å². The zero-order valence-corrected chi connectivity index (χ0v) is 12.6. The van der Waals surface area contributed by atoms with Crippen LogP contribution in [0, 0.1) is 5.92 Å². The molecule has 1 aromatic carbocycles. The van der Waals surface area contributed by atoms with Crippen LogP contribution in [0.4, 0.5) is 11.4 Å². The lowest BCUT2D eigenvalue weighted by atomic mass is 10.1. The number of amides is 1. The number of rotatable bonds is 4. The minimum absolute atomic E-state index is 0.00784. The van der Waals surface area contributed by atoms with Crippen LogP contribution in [0.3, 0.4) is 0 Å². The summed E-state index contributed by atoms with van der Waals surface area (Å²) in [6, 6.07) is 8.63. The van der Waals surface area contributed by atoms with Gasteiger partial charge in [-0.1, -0.05) is 45.6 Å². The summed E-state index contributed by atoms with van der Waals surface area (Å²) < 4.78 is 0. The van der Waals surface area contributed by atoms with Gasteiger partial charge in [0.25, 0.3) is 0 Å². The van der Waals surface area contributed by atoms with Crippen molar-refractivity contribution in [1.82, 2.24) is 0 Å². The summed E-state index contributed by atoms with van der Waals surface area (Å²) in [4.78, 5) is 11.7. The maximum absolute atomic E-state index is 11.7. The van der Waals surface area contributed by atoms with Gasteiger partial charge in [-0.15, -0.1) is 0 Å². The van der Waals surface area contributed by atoms with Crippen LogP contribution in [0.2, 0.25) is 0 Å². The average molecular weight is 274 g/mol. The van der Waals surface area contributed by atoms with Gasteiger partial charge >= 0.3 is 0 Å². The fourth-order valence-corrected chi connectivity index (χ4v) is 2.63. The van der Waals surface area contributed by atoms with Crippen LogP contribution in [0.1, 0.15) is 52.4 Å². The molecule has 1 aliphatic carbocycles. The number of carbonyl (C=O) groups excluding carboxylic acids is 1. The Kier molecular flexibility index (Phi) is 5.45. The van der Waals surface area contributed by atoms with Gasteiger partial charge in [0.05, 0.1) is 0 Å². The standard InChI is InChI=1S/C17H26N2O/c1-13(2)17(20)19-16-11-7-10-15(12-16)18-14-8-5-3-4-6-9-14/h7,10-14,18H,3-6,8-9H2,1-2H3,(H,19,20). The largest absolute Gasteiger partial charge is 0.382 e. The molecule has 2 N–H and O–H groups in total. The Morgan fingerprint density at radius 1 is 1.10 bits per heavy atom. The predicted molar refractivity (Wildman–Crippen MR) is 85.0 cm³/mol. The summed E-state index contributed by atoms with van der Waals surface area (Å²) in [5.41, 5.74) is 1.99. The first-order chi connectivity index (χ1) is 9.65. The fraction of sp³-hybridized carbons (Fsp3) is 0.588. The zero-order chi connectivity index (χ0) is 14.4. The van der Waals surface area contributed by atoms with E-state index in [1.165, 1.54) is 38.5 Å². The van der Waals surface area contributed by atoms with Crippen molar-refractivity contribution in [2.75, 3.05) is 10.6 Å². The Balaban J connectivity index is 1.96. The normalized spacial score (nSPS) is 16.8. The summed E-state index contributed by atoms with van der Waals surface area (Å²) in [6.45, 7) is 3.81. The molecule has 0 heterocycles. The third-order valence-electron chi connectivity index (χ3n) is 3.88. The molecular formula is C17H26N2O. The molecule has 0 saturated heterocycles. The van der Waals surface area contributed by atoms with Gasteiger partial charge in [-0.25, -0.2) is 0 Å². The quantitative estimate of drug-likeness (QED) is 0.798. The third kappa shape index (κ3) is 4.55. The molecule has 0 radical (unpaired) electrons. The van der Waals surface area contributed by atoms with Crippen LogP contribution < -0.4 is 10.6 Å². The molecule has 0 bridgehead atoms. The number of benzene rings is 1. The molecule has 0 aromatic heterocycles. The highest BCUT2D eigenvalue weighted by Crippen LogP contribution is 2.23. The smallest absolute Gasteiger partial charge is 0.226 e. The van der Waals surface area contributed by atoms with Gasteiger partial charge in [0.15, 0.2) is 0 Å². The summed E-state index contributed by atoms with van der Waals surface area (Å²) in [6.07, 6.45) is 7.87. The van der Waals surface area contributed by atoms with Crippen LogP contribution in [0.5, 0.6) is 0 Å². The first-order valence-electron chi connectivity index (χ1n) is 7.82. The fourth-order valence-electron chi connectivity index (χ4n) is 2.63. The molecule has 0 unspecified atom stereocenters. The Morgan fingerprint density at radius 2 is 1.75 bits per heavy atom. The molecule has 1 saturated carbocycles. The van der Waals surface area contributed by atoms with Crippen molar-refractivity contribution < 1.29 is 4.79 Å². The second-order valence-corrected chi connectivity index (χ2v) is 6.06. The van der Waals surface area contributed by atoms with Crippen LogP contribution in [-0.4, -0.2) is 11.9 Å². The van der Waals surface area contributed by atoms with Crippen LogP contribution in [0.25, 0.3) is 0 Å². The van der Waals surface area contributed by atoms with E-state index in [1.807, 2.05) is 32.0 Å². The summed E-state index contributed by atoms with van der Waals surface area (Å²) in [7, 11) is 0. The zero-order valence-electron chi connectivity index (χ0n) is 12.6. The molecule has 2 rings (SSSR count). The molecule has 3 nitrogen and oxygen atoms in total. The Hall–Kier alpha value is -1.51. The number of anilines is 2. The second kappa shape index (κ2) is 7.32. The molecular weight excluding hydrogens is 248 g/mol. The van der Waals surface area contributed by atoms with Crippen LogP contribution >= 0.6 is 0 Å². The number of hydrogen-bond acceptors (Lipinski definition) is 2. The van der Waals surface area contributed by atoms with Gasteiger partial charge in [0.2, 0.25) is 5.91 Å². The lowest BCUT2D eigenvalue weighted by molar-refractivity contribution is -0.118. The van der Waals surface area contributed by atoms with Crippen molar-refractivity contribution >= 4 is 17.3 Å². The number of hydrogen-bond donors (Lipinski definition) is 2. The first kappa shape index (κ1) is 14.9. The molecule has 20 heavy (non-hydrogen) atoms. The van der Waals surface area contributed by atoms with E-state index in [0.717, 1.165) is 11.4 Å². The lowest BCUT2D eigenvalue weighted by Gasteiger charge is -2.18. The van der Waals surface area contributed by atoms with Gasteiger partial charge in [-0.05, 0) is 31.0 Å². The maximum atomic E-state index is 11.7. The van der Waals surface area contributed by atoms with Crippen molar-refractivity contribution in [3.63, 3.8) is 0 Å². The molecule has 1 fully saturated rings. The Morgan fingerprint density at radius 3 is 2.40 bits per heavy atom. The Bertz CT molecular complexity index is 434. The maximum Gasteiger partial charge on any atom is 0.226 e. The van der Waals surface area contributed by atoms with E-state index in [1.54, 1.807) is 0 Å². The van der Waals surface area contributed by atoms with Crippen molar-refractivity contribution in [1.29, 1.82) is 0 Å². The molecule has 0 atom stereocenters. The first-order valence-corrected chi connectivity index (χ1v) is 7.82. The minimum Gasteiger partial charge on any atom is -0.382 e. The van der Waals surface area contributed by atoms with Gasteiger partial charge in [-0.3, -0.25) is 4.79 Å². The molecule has 3 heteroatoms. The summed E-state index contributed by atoms with van der Waals surface area (Å²) in [5.74, 6) is 0.0742. The van der Waals surface area contributed by atoms with Crippen LogP contribution in [-0.2, 0) is 4.79 Å². The van der Waals surface area contributed by atoms with Crippen LogP contribution in [0.15, 0.2) is 24.3 Å². The average Bonchev–Trinajstić information content (AvgIpc) is 2.67. The van der Waals surface area contributed by atoms with Gasteiger partial charge in [0.1, 0.15) is 0 Å². The van der Waals surface area contributed by atoms with E-state index >= 15 is 0 Å². The highest BCUT2D eigenvalue weighted by Gasteiger charge is 2.12. The molecule has 1 aromatic rings. The molecule has 110 valence electrons. The topological polar surface area (TPSA) is 41.1 Å². The van der Waals surface area contributed by atoms with Crippen molar-refractivity contribution in [3.05, 3.63) is 24.3 Å². The molecule has 0 aliphatic heterocycles. The second-order valence-electron chi connectivity index (χ2n) is 6.06. The van der Waals surface area contributed by atoms with Crippen molar-refractivity contribution in [3.8, 4) is 0 Å². The minimum atomic E-state index is 0.00784.